The van der Waals surface area contributed by atoms with Gasteiger partial charge in [0.05, 0.1) is 10.3 Å². The van der Waals surface area contributed by atoms with Gasteiger partial charge in [-0.25, -0.2) is 4.98 Å². The highest BCUT2D eigenvalue weighted by Gasteiger charge is 2.55. The molecule has 1 N–H and O–H groups in total. The van der Waals surface area contributed by atoms with Crippen LogP contribution in [-0.2, 0) is 4.79 Å². The molecule has 1 aromatic heterocycles. The summed E-state index contributed by atoms with van der Waals surface area (Å²) < 4.78 is 0. The average molecular weight is 291 g/mol. The fourth-order valence-corrected chi connectivity index (χ4v) is 3.71. The third-order valence-corrected chi connectivity index (χ3v) is 4.89. The summed E-state index contributed by atoms with van der Waals surface area (Å²) in [6, 6.07) is 1.68. The van der Waals surface area contributed by atoms with Gasteiger partial charge >= 0.3 is 5.97 Å². The first-order chi connectivity index (χ1) is 9.94. The molecule has 112 valence electrons. The largest absolute Gasteiger partial charge is 0.481 e. The molecule has 2 fully saturated rings. The SMILES string of the molecule is Cc1cc(N2C[C@@H]3CCC[C@@]3(C(=O)O)C2)ncc1[N+](=O)[O-]. The Morgan fingerprint density at radius 2 is 2.38 bits per heavy atom. The highest BCUT2D eigenvalue weighted by molar-refractivity contribution is 5.77. The number of hydrogen-bond acceptors (Lipinski definition) is 5. The van der Waals surface area contributed by atoms with Gasteiger partial charge in [-0.2, -0.15) is 0 Å². The maximum Gasteiger partial charge on any atom is 0.311 e. The zero-order chi connectivity index (χ0) is 15.2. The normalized spacial score (nSPS) is 27.7. The predicted octanol–water partition coefficient (Wildman–Crippen LogP) is 1.99. The Kier molecular flexibility index (Phi) is 3.07. The van der Waals surface area contributed by atoms with E-state index in [1.807, 2.05) is 4.90 Å². The first kappa shape index (κ1) is 13.8. The van der Waals surface area contributed by atoms with E-state index < -0.39 is 16.3 Å². The quantitative estimate of drug-likeness (QED) is 0.675. The van der Waals surface area contributed by atoms with Crippen LogP contribution in [-0.4, -0.2) is 34.1 Å². The van der Waals surface area contributed by atoms with Crippen LogP contribution in [0.3, 0.4) is 0 Å². The molecular weight excluding hydrogens is 274 g/mol. The van der Waals surface area contributed by atoms with Crippen LogP contribution in [0.25, 0.3) is 0 Å². The highest BCUT2D eigenvalue weighted by Crippen LogP contribution is 2.49. The number of carbonyl (C=O) groups is 1. The number of carboxylic acid groups (broad SMARTS) is 1. The monoisotopic (exact) mass is 291 g/mol. The number of aryl methyl sites for hydroxylation is 1. The molecule has 7 nitrogen and oxygen atoms in total. The summed E-state index contributed by atoms with van der Waals surface area (Å²) in [7, 11) is 0. The third kappa shape index (κ3) is 2.03. The number of aliphatic carboxylic acids is 1. The van der Waals surface area contributed by atoms with E-state index in [1.54, 1.807) is 13.0 Å². The molecule has 1 aliphatic carbocycles. The average Bonchev–Trinajstić information content (AvgIpc) is 2.95. The molecule has 0 radical (unpaired) electrons. The Hall–Kier alpha value is -2.18. The number of anilines is 1. The van der Waals surface area contributed by atoms with Crippen LogP contribution < -0.4 is 4.90 Å². The molecule has 1 aliphatic heterocycles. The van der Waals surface area contributed by atoms with E-state index in [-0.39, 0.29) is 11.6 Å². The molecule has 0 spiro atoms. The van der Waals surface area contributed by atoms with Crippen molar-refractivity contribution in [3.05, 3.63) is 27.9 Å². The molecule has 0 unspecified atom stereocenters. The van der Waals surface area contributed by atoms with E-state index >= 15 is 0 Å². The summed E-state index contributed by atoms with van der Waals surface area (Å²) in [5.74, 6) is 0.0477. The lowest BCUT2D eigenvalue weighted by Crippen LogP contribution is -2.35. The second kappa shape index (κ2) is 4.68. The number of nitrogens with zero attached hydrogens (tertiary/aromatic N) is 3. The molecule has 0 aromatic carbocycles. The van der Waals surface area contributed by atoms with Gasteiger partial charge in [-0.3, -0.25) is 14.9 Å². The number of rotatable bonds is 3. The first-order valence-electron chi connectivity index (χ1n) is 7.03. The molecule has 0 bridgehead atoms. The Balaban J connectivity index is 1.88. The molecule has 21 heavy (non-hydrogen) atoms. The molecule has 1 saturated carbocycles. The lowest BCUT2D eigenvalue weighted by molar-refractivity contribution is -0.385. The maximum atomic E-state index is 11.7. The lowest BCUT2D eigenvalue weighted by Gasteiger charge is -2.23. The van der Waals surface area contributed by atoms with Crippen molar-refractivity contribution in [2.45, 2.75) is 26.2 Å². The van der Waals surface area contributed by atoms with Crippen LogP contribution >= 0.6 is 0 Å². The predicted molar refractivity (Wildman–Crippen MR) is 75.3 cm³/mol. The number of pyridine rings is 1. The standard InChI is InChI=1S/C14H17N3O4/c1-9-5-12(15-6-11(9)17(20)21)16-7-10-3-2-4-14(10,8-16)13(18)19/h5-6,10H,2-4,7-8H2,1H3,(H,18,19)/t10-,14+/m0/s1. The van der Waals surface area contributed by atoms with Crippen molar-refractivity contribution in [3.63, 3.8) is 0 Å². The van der Waals surface area contributed by atoms with Gasteiger partial charge in [0.2, 0.25) is 0 Å². The zero-order valence-electron chi connectivity index (χ0n) is 11.8. The van der Waals surface area contributed by atoms with Crippen LogP contribution in [0.5, 0.6) is 0 Å². The molecule has 1 aromatic rings. The number of fused-ring (bicyclic) bond motifs is 1. The van der Waals surface area contributed by atoms with E-state index in [4.69, 9.17) is 0 Å². The van der Waals surface area contributed by atoms with Crippen molar-refractivity contribution in [3.8, 4) is 0 Å². The smallest absolute Gasteiger partial charge is 0.311 e. The van der Waals surface area contributed by atoms with Gasteiger partial charge in [-0.05, 0) is 31.7 Å². The Morgan fingerprint density at radius 1 is 1.62 bits per heavy atom. The van der Waals surface area contributed by atoms with Gasteiger partial charge in [0.25, 0.3) is 5.69 Å². The fourth-order valence-electron chi connectivity index (χ4n) is 3.71. The molecule has 1 saturated heterocycles. The Morgan fingerprint density at radius 3 is 2.95 bits per heavy atom. The Bertz CT molecular complexity index is 618. The van der Waals surface area contributed by atoms with Gasteiger partial charge in [0.1, 0.15) is 12.0 Å². The third-order valence-electron chi connectivity index (χ3n) is 4.89. The molecule has 0 amide bonds. The summed E-state index contributed by atoms with van der Waals surface area (Å²) in [5.41, 5.74) is -0.130. The summed E-state index contributed by atoms with van der Waals surface area (Å²) in [6.45, 7) is 2.78. The number of carboxylic acids is 1. The van der Waals surface area contributed by atoms with E-state index in [2.05, 4.69) is 4.98 Å². The fraction of sp³-hybridized carbons (Fsp3) is 0.571. The number of nitro groups is 1. The van der Waals surface area contributed by atoms with Gasteiger partial charge in [0, 0.05) is 18.7 Å². The van der Waals surface area contributed by atoms with E-state index in [9.17, 15) is 20.0 Å². The summed E-state index contributed by atoms with van der Waals surface area (Å²) in [6.07, 6.45) is 3.84. The summed E-state index contributed by atoms with van der Waals surface area (Å²) in [5, 5.41) is 20.4. The van der Waals surface area contributed by atoms with Crippen LogP contribution in [0, 0.1) is 28.4 Å². The molecule has 2 heterocycles. The molecule has 7 heteroatoms. The van der Waals surface area contributed by atoms with Crippen molar-refractivity contribution in [1.29, 1.82) is 0 Å². The van der Waals surface area contributed by atoms with Crippen molar-refractivity contribution >= 4 is 17.5 Å². The maximum absolute atomic E-state index is 11.7. The summed E-state index contributed by atoms with van der Waals surface area (Å²) in [4.78, 5) is 28.1. The van der Waals surface area contributed by atoms with Crippen LogP contribution in [0.4, 0.5) is 11.5 Å². The first-order valence-corrected chi connectivity index (χ1v) is 7.03. The van der Waals surface area contributed by atoms with Crippen LogP contribution in [0.1, 0.15) is 24.8 Å². The van der Waals surface area contributed by atoms with Gasteiger partial charge in [0.15, 0.2) is 0 Å². The van der Waals surface area contributed by atoms with E-state index in [0.29, 0.717) is 30.9 Å². The number of hydrogen-bond donors (Lipinski definition) is 1. The minimum Gasteiger partial charge on any atom is -0.481 e. The van der Waals surface area contributed by atoms with Crippen molar-refractivity contribution in [2.24, 2.45) is 11.3 Å². The second-order valence-corrected chi connectivity index (χ2v) is 6.02. The minimum absolute atomic E-state index is 0.00825. The van der Waals surface area contributed by atoms with Gasteiger partial charge < -0.3 is 10.0 Å². The summed E-state index contributed by atoms with van der Waals surface area (Å²) >= 11 is 0. The lowest BCUT2D eigenvalue weighted by atomic mass is 9.81. The Labute approximate surface area is 121 Å². The van der Waals surface area contributed by atoms with Gasteiger partial charge in [-0.1, -0.05) is 6.42 Å². The second-order valence-electron chi connectivity index (χ2n) is 6.02. The molecule has 2 atom stereocenters. The van der Waals surface area contributed by atoms with Crippen molar-refractivity contribution in [1.82, 2.24) is 4.98 Å². The van der Waals surface area contributed by atoms with Crippen molar-refractivity contribution in [2.75, 3.05) is 18.0 Å². The molecular formula is C14H17N3O4. The minimum atomic E-state index is -0.730. The van der Waals surface area contributed by atoms with E-state index in [0.717, 1.165) is 12.8 Å². The molecule has 3 rings (SSSR count). The highest BCUT2D eigenvalue weighted by atomic mass is 16.6. The topological polar surface area (TPSA) is 96.6 Å². The van der Waals surface area contributed by atoms with Crippen LogP contribution in [0.2, 0.25) is 0 Å². The molecule has 2 aliphatic rings. The van der Waals surface area contributed by atoms with E-state index in [1.165, 1.54) is 6.20 Å². The zero-order valence-corrected chi connectivity index (χ0v) is 11.8. The van der Waals surface area contributed by atoms with Crippen LogP contribution in [0.15, 0.2) is 12.3 Å². The van der Waals surface area contributed by atoms with Gasteiger partial charge in [-0.15, -0.1) is 0 Å². The number of aromatic nitrogens is 1. The van der Waals surface area contributed by atoms with Crippen molar-refractivity contribution < 1.29 is 14.8 Å².